The first-order valence-corrected chi connectivity index (χ1v) is 9.25. The molecule has 0 saturated carbocycles. The van der Waals surface area contributed by atoms with Crippen LogP contribution in [0.15, 0.2) is 42.6 Å². The van der Waals surface area contributed by atoms with Crippen LogP contribution < -0.4 is 10.6 Å². The summed E-state index contributed by atoms with van der Waals surface area (Å²) in [6.07, 6.45) is 2.37. The number of halogens is 2. The second kappa shape index (κ2) is 10.1. The van der Waals surface area contributed by atoms with Crippen molar-refractivity contribution in [1.29, 1.82) is 0 Å². The Balaban J connectivity index is 1.76. The van der Waals surface area contributed by atoms with Gasteiger partial charge in [-0.3, -0.25) is 9.78 Å². The second-order valence-corrected chi connectivity index (χ2v) is 6.94. The Morgan fingerprint density at radius 1 is 1.22 bits per heavy atom. The fraction of sp³-hybridized carbons (Fsp3) is 0.316. The predicted octanol–water partition coefficient (Wildman–Crippen LogP) is 3.45. The Kier molecular flexibility index (Phi) is 7.88. The van der Waals surface area contributed by atoms with E-state index in [0.717, 1.165) is 11.3 Å². The molecule has 6 nitrogen and oxygen atoms in total. The van der Waals surface area contributed by atoms with E-state index < -0.39 is 6.03 Å². The van der Waals surface area contributed by atoms with E-state index >= 15 is 0 Å². The van der Waals surface area contributed by atoms with E-state index in [2.05, 4.69) is 15.6 Å². The van der Waals surface area contributed by atoms with Crippen LogP contribution in [0.4, 0.5) is 4.79 Å². The first-order chi connectivity index (χ1) is 12.9. The molecule has 3 amide bonds. The summed E-state index contributed by atoms with van der Waals surface area (Å²) in [6, 6.07) is 9.97. The topological polar surface area (TPSA) is 74.3 Å². The van der Waals surface area contributed by atoms with Crippen LogP contribution in [0.3, 0.4) is 0 Å². The van der Waals surface area contributed by atoms with Gasteiger partial charge in [0.25, 0.3) is 0 Å². The van der Waals surface area contributed by atoms with E-state index in [1.807, 2.05) is 18.2 Å². The van der Waals surface area contributed by atoms with Crippen molar-refractivity contribution in [2.45, 2.75) is 19.4 Å². The highest BCUT2D eigenvalue weighted by molar-refractivity contribution is 6.35. The Hall–Kier alpha value is -2.31. The molecule has 0 spiro atoms. The highest BCUT2D eigenvalue weighted by Crippen LogP contribution is 2.25. The molecule has 2 N–H and O–H groups in total. The lowest BCUT2D eigenvalue weighted by Crippen LogP contribution is -2.43. The van der Waals surface area contributed by atoms with Crippen molar-refractivity contribution in [3.8, 4) is 0 Å². The van der Waals surface area contributed by atoms with Crippen molar-refractivity contribution < 1.29 is 9.59 Å². The molecular weight excluding hydrogens is 387 g/mol. The molecule has 1 atom stereocenters. The maximum absolute atomic E-state index is 12.1. The number of hydrogen-bond acceptors (Lipinski definition) is 3. The lowest BCUT2D eigenvalue weighted by Gasteiger charge is -2.19. The highest BCUT2D eigenvalue weighted by Gasteiger charge is 2.15. The normalized spacial score (nSPS) is 11.6. The van der Waals surface area contributed by atoms with Crippen LogP contribution in [0.1, 0.15) is 24.2 Å². The van der Waals surface area contributed by atoms with Crippen molar-refractivity contribution in [2.24, 2.45) is 0 Å². The lowest BCUT2D eigenvalue weighted by molar-refractivity contribution is -0.128. The van der Waals surface area contributed by atoms with E-state index in [-0.39, 0.29) is 18.5 Å². The number of benzene rings is 1. The summed E-state index contributed by atoms with van der Waals surface area (Å²) >= 11 is 12.0. The van der Waals surface area contributed by atoms with Gasteiger partial charge in [0.15, 0.2) is 0 Å². The molecule has 0 fully saturated rings. The Morgan fingerprint density at radius 3 is 2.67 bits per heavy atom. The maximum Gasteiger partial charge on any atom is 0.315 e. The summed E-state index contributed by atoms with van der Waals surface area (Å²) in [4.78, 5) is 30.0. The maximum atomic E-state index is 12.1. The summed E-state index contributed by atoms with van der Waals surface area (Å²) in [5, 5.41) is 6.32. The molecule has 1 aromatic heterocycles. The van der Waals surface area contributed by atoms with Gasteiger partial charge in [0.2, 0.25) is 5.91 Å². The van der Waals surface area contributed by atoms with Crippen LogP contribution in [0.25, 0.3) is 0 Å². The highest BCUT2D eigenvalue weighted by atomic mass is 35.5. The van der Waals surface area contributed by atoms with E-state index in [1.165, 1.54) is 0 Å². The largest absolute Gasteiger partial charge is 0.344 e. The van der Waals surface area contributed by atoms with E-state index in [1.54, 1.807) is 43.3 Å². The van der Waals surface area contributed by atoms with E-state index in [4.69, 9.17) is 23.2 Å². The first-order valence-electron chi connectivity index (χ1n) is 8.50. The van der Waals surface area contributed by atoms with Gasteiger partial charge in [0.1, 0.15) is 0 Å². The number of carbonyl (C=O) groups is 2. The molecule has 0 aliphatic rings. The molecule has 1 aromatic carbocycles. The third-order valence-electron chi connectivity index (χ3n) is 4.03. The van der Waals surface area contributed by atoms with Crippen molar-refractivity contribution in [3.05, 3.63) is 63.9 Å². The molecule has 1 unspecified atom stereocenters. The van der Waals surface area contributed by atoms with Gasteiger partial charge >= 0.3 is 6.03 Å². The summed E-state index contributed by atoms with van der Waals surface area (Å²) in [5.74, 6) is -0.182. The zero-order valence-corrected chi connectivity index (χ0v) is 16.7. The number of rotatable bonds is 7. The SMILES string of the molecule is CC(NC(=O)NCC(=O)N(C)CCc1ccccn1)c1ccc(Cl)cc1Cl. The zero-order chi connectivity index (χ0) is 19.8. The molecular formula is C19H22Cl2N4O2. The number of nitrogens with zero attached hydrogens (tertiary/aromatic N) is 2. The van der Waals surface area contributed by atoms with Crippen molar-refractivity contribution in [2.75, 3.05) is 20.1 Å². The van der Waals surface area contributed by atoms with Gasteiger partial charge in [-0.25, -0.2) is 4.79 Å². The zero-order valence-electron chi connectivity index (χ0n) is 15.2. The van der Waals surface area contributed by atoms with E-state index in [9.17, 15) is 9.59 Å². The molecule has 0 radical (unpaired) electrons. The van der Waals surface area contributed by atoms with Gasteiger partial charge in [0, 0.05) is 41.9 Å². The number of carbonyl (C=O) groups excluding carboxylic acids is 2. The van der Waals surface area contributed by atoms with Gasteiger partial charge in [-0.05, 0) is 36.8 Å². The minimum Gasteiger partial charge on any atom is -0.344 e. The number of amides is 3. The molecule has 2 aromatic rings. The van der Waals surface area contributed by atoms with Crippen LogP contribution in [-0.4, -0.2) is 42.0 Å². The Morgan fingerprint density at radius 2 is 2.00 bits per heavy atom. The summed E-state index contributed by atoms with van der Waals surface area (Å²) < 4.78 is 0. The third kappa shape index (κ3) is 6.73. The Labute approximate surface area is 168 Å². The minimum atomic E-state index is -0.444. The van der Waals surface area contributed by atoms with Crippen LogP contribution in [0.2, 0.25) is 10.0 Å². The molecule has 0 aliphatic heterocycles. The Bertz CT molecular complexity index is 787. The van der Waals surface area contributed by atoms with Crippen LogP contribution in [0.5, 0.6) is 0 Å². The molecule has 2 rings (SSSR count). The average Bonchev–Trinajstić information content (AvgIpc) is 2.64. The van der Waals surface area contributed by atoms with E-state index in [0.29, 0.717) is 23.0 Å². The predicted molar refractivity (Wildman–Crippen MR) is 107 cm³/mol. The standard InChI is InChI=1S/C19H22Cl2N4O2/c1-13(16-7-6-14(20)11-17(16)21)24-19(27)23-12-18(26)25(2)10-8-15-5-3-4-9-22-15/h3-7,9,11,13H,8,10,12H2,1-2H3,(H2,23,24,27). The number of nitrogens with one attached hydrogen (secondary N) is 2. The monoisotopic (exact) mass is 408 g/mol. The van der Waals surface area contributed by atoms with Crippen LogP contribution in [-0.2, 0) is 11.2 Å². The fourth-order valence-corrected chi connectivity index (χ4v) is 2.99. The molecule has 8 heteroatoms. The number of aromatic nitrogens is 1. The number of likely N-dealkylation sites (N-methyl/N-ethyl adjacent to an activating group) is 1. The lowest BCUT2D eigenvalue weighted by atomic mass is 10.1. The van der Waals surface area contributed by atoms with Crippen molar-refractivity contribution in [1.82, 2.24) is 20.5 Å². The van der Waals surface area contributed by atoms with Crippen LogP contribution in [0, 0.1) is 0 Å². The molecule has 0 aliphatic carbocycles. The molecule has 0 bridgehead atoms. The van der Waals surface area contributed by atoms with Gasteiger partial charge in [-0.2, -0.15) is 0 Å². The third-order valence-corrected chi connectivity index (χ3v) is 4.59. The number of urea groups is 1. The minimum absolute atomic E-state index is 0.0916. The van der Waals surface area contributed by atoms with Crippen molar-refractivity contribution >= 4 is 35.1 Å². The van der Waals surface area contributed by atoms with Gasteiger partial charge in [-0.1, -0.05) is 35.3 Å². The van der Waals surface area contributed by atoms with Crippen molar-refractivity contribution in [3.63, 3.8) is 0 Å². The number of hydrogen-bond donors (Lipinski definition) is 2. The quantitative estimate of drug-likeness (QED) is 0.736. The smallest absolute Gasteiger partial charge is 0.315 e. The summed E-state index contributed by atoms with van der Waals surface area (Å²) in [6.45, 7) is 2.23. The average molecular weight is 409 g/mol. The van der Waals surface area contributed by atoms with Gasteiger partial charge in [0.05, 0.1) is 12.6 Å². The second-order valence-electron chi connectivity index (χ2n) is 6.10. The molecule has 27 heavy (non-hydrogen) atoms. The van der Waals surface area contributed by atoms with Gasteiger partial charge < -0.3 is 15.5 Å². The van der Waals surface area contributed by atoms with Gasteiger partial charge in [-0.15, -0.1) is 0 Å². The molecule has 1 heterocycles. The number of pyridine rings is 1. The fourth-order valence-electron chi connectivity index (χ4n) is 2.42. The molecule has 0 saturated heterocycles. The van der Waals surface area contributed by atoms with Crippen LogP contribution >= 0.6 is 23.2 Å². The molecule has 144 valence electrons. The summed E-state index contributed by atoms with van der Waals surface area (Å²) in [7, 11) is 1.70. The summed E-state index contributed by atoms with van der Waals surface area (Å²) in [5.41, 5.74) is 1.66. The first kappa shape index (κ1) is 21.0.